The lowest BCUT2D eigenvalue weighted by Gasteiger charge is -2.36. The van der Waals surface area contributed by atoms with E-state index in [0.717, 1.165) is 21.6 Å². The first-order chi connectivity index (χ1) is 9.81. The molecule has 104 valence electrons. The van der Waals surface area contributed by atoms with Crippen LogP contribution in [-0.4, -0.2) is 26.2 Å². The van der Waals surface area contributed by atoms with Gasteiger partial charge in [-0.1, -0.05) is 36.2 Å². The number of benzene rings is 1. The molecule has 4 rings (SSSR count). The van der Waals surface area contributed by atoms with Gasteiger partial charge in [0.25, 0.3) is 0 Å². The summed E-state index contributed by atoms with van der Waals surface area (Å²) >= 11 is 7.81. The van der Waals surface area contributed by atoms with Gasteiger partial charge in [0.05, 0.1) is 6.04 Å². The summed E-state index contributed by atoms with van der Waals surface area (Å²) in [6.07, 6.45) is 5.14. The van der Waals surface area contributed by atoms with Crippen LogP contribution in [0.5, 0.6) is 0 Å². The zero-order valence-electron chi connectivity index (χ0n) is 10.9. The number of fused-ring (bicyclic) bond motifs is 2. The molecule has 2 unspecified atom stereocenters. The minimum absolute atomic E-state index is 0.531. The Balaban J connectivity index is 1.70. The van der Waals surface area contributed by atoms with Crippen LogP contribution in [0.2, 0.25) is 5.02 Å². The van der Waals surface area contributed by atoms with E-state index in [9.17, 15) is 0 Å². The van der Waals surface area contributed by atoms with Crippen LogP contribution in [0.4, 0.5) is 0 Å². The SMILES string of the molecule is Clc1ccc(-c2nnc3n2NC2CCCCC2S3)cc1. The summed E-state index contributed by atoms with van der Waals surface area (Å²) in [6, 6.07) is 8.27. The van der Waals surface area contributed by atoms with Crippen LogP contribution >= 0.6 is 23.4 Å². The number of thioether (sulfide) groups is 1. The average molecular weight is 307 g/mol. The fourth-order valence-corrected chi connectivity index (χ4v) is 4.31. The van der Waals surface area contributed by atoms with Crippen molar-refractivity contribution in [3.63, 3.8) is 0 Å². The largest absolute Gasteiger partial charge is 0.318 e. The standard InChI is InChI=1S/C14H15ClN4S/c15-10-7-5-9(6-8-10)13-16-17-14-19(13)18-11-3-1-2-4-12(11)20-14/h5-8,11-12,18H,1-4H2. The van der Waals surface area contributed by atoms with Gasteiger partial charge in [-0.3, -0.25) is 0 Å². The first-order valence-corrected chi connectivity index (χ1v) is 8.21. The third-order valence-electron chi connectivity index (χ3n) is 3.99. The second-order valence-electron chi connectivity index (χ2n) is 5.32. The Morgan fingerprint density at radius 3 is 2.80 bits per heavy atom. The van der Waals surface area contributed by atoms with Crippen molar-refractivity contribution in [2.24, 2.45) is 0 Å². The molecule has 1 saturated carbocycles. The Kier molecular flexibility index (Phi) is 3.11. The van der Waals surface area contributed by atoms with Gasteiger partial charge in [-0.15, -0.1) is 10.2 Å². The summed E-state index contributed by atoms with van der Waals surface area (Å²) in [5, 5.41) is 11.0. The number of nitrogens with one attached hydrogen (secondary N) is 1. The van der Waals surface area contributed by atoms with Crippen LogP contribution in [0, 0.1) is 0 Å². The predicted molar refractivity (Wildman–Crippen MR) is 81.7 cm³/mol. The molecular weight excluding hydrogens is 292 g/mol. The van der Waals surface area contributed by atoms with Crippen molar-refractivity contribution < 1.29 is 0 Å². The first-order valence-electron chi connectivity index (χ1n) is 6.96. The fourth-order valence-electron chi connectivity index (χ4n) is 2.94. The summed E-state index contributed by atoms with van der Waals surface area (Å²) in [4.78, 5) is 0. The normalized spacial score (nSPS) is 24.6. The summed E-state index contributed by atoms with van der Waals surface area (Å²) in [5.74, 6) is 0.869. The predicted octanol–water partition coefficient (Wildman–Crippen LogP) is 3.56. The highest BCUT2D eigenvalue weighted by Gasteiger charge is 2.33. The van der Waals surface area contributed by atoms with Gasteiger partial charge < -0.3 is 5.43 Å². The van der Waals surface area contributed by atoms with Crippen LogP contribution in [-0.2, 0) is 0 Å². The Morgan fingerprint density at radius 1 is 1.15 bits per heavy atom. The summed E-state index contributed by atoms with van der Waals surface area (Å²) in [6.45, 7) is 0. The monoisotopic (exact) mass is 306 g/mol. The highest BCUT2D eigenvalue weighted by atomic mass is 35.5. The molecule has 1 aromatic heterocycles. The molecule has 0 bridgehead atoms. The van der Waals surface area contributed by atoms with E-state index in [1.807, 2.05) is 40.7 Å². The molecule has 0 spiro atoms. The minimum Gasteiger partial charge on any atom is -0.318 e. The molecule has 1 N–H and O–H groups in total. The van der Waals surface area contributed by atoms with Crippen LogP contribution in [0.25, 0.3) is 11.4 Å². The van der Waals surface area contributed by atoms with E-state index >= 15 is 0 Å². The van der Waals surface area contributed by atoms with Crippen molar-refractivity contribution in [2.75, 3.05) is 5.43 Å². The number of halogens is 1. The highest BCUT2D eigenvalue weighted by Crippen LogP contribution is 2.38. The smallest absolute Gasteiger partial charge is 0.210 e. The van der Waals surface area contributed by atoms with Gasteiger partial charge in [0, 0.05) is 15.8 Å². The molecule has 6 heteroatoms. The topological polar surface area (TPSA) is 42.7 Å². The Hall–Kier alpha value is -1.20. The van der Waals surface area contributed by atoms with Crippen molar-refractivity contribution >= 4 is 23.4 Å². The van der Waals surface area contributed by atoms with E-state index < -0.39 is 0 Å². The van der Waals surface area contributed by atoms with E-state index in [4.69, 9.17) is 11.6 Å². The molecule has 1 fully saturated rings. The van der Waals surface area contributed by atoms with Crippen LogP contribution in [0.1, 0.15) is 25.7 Å². The number of aromatic nitrogens is 3. The number of nitrogens with zero attached hydrogens (tertiary/aromatic N) is 3. The van der Waals surface area contributed by atoms with Crippen molar-refractivity contribution in [3.05, 3.63) is 29.3 Å². The third-order valence-corrected chi connectivity index (χ3v) is 5.58. The van der Waals surface area contributed by atoms with E-state index in [1.54, 1.807) is 0 Å². The minimum atomic E-state index is 0.531. The molecule has 2 aromatic rings. The van der Waals surface area contributed by atoms with Crippen LogP contribution < -0.4 is 5.43 Å². The highest BCUT2D eigenvalue weighted by molar-refractivity contribution is 7.99. The van der Waals surface area contributed by atoms with Gasteiger partial charge >= 0.3 is 0 Å². The van der Waals surface area contributed by atoms with Crippen molar-refractivity contribution in [1.82, 2.24) is 14.9 Å². The van der Waals surface area contributed by atoms with Gasteiger partial charge in [-0.2, -0.15) is 0 Å². The van der Waals surface area contributed by atoms with Crippen molar-refractivity contribution in [3.8, 4) is 11.4 Å². The molecule has 0 saturated heterocycles. The van der Waals surface area contributed by atoms with Gasteiger partial charge in [0.15, 0.2) is 5.82 Å². The summed E-state index contributed by atoms with van der Waals surface area (Å²) < 4.78 is 2.04. The lowest BCUT2D eigenvalue weighted by molar-refractivity contribution is 0.432. The molecule has 2 aliphatic rings. The zero-order valence-corrected chi connectivity index (χ0v) is 12.5. The maximum absolute atomic E-state index is 5.95. The van der Waals surface area contributed by atoms with E-state index in [-0.39, 0.29) is 0 Å². The molecule has 20 heavy (non-hydrogen) atoms. The number of hydrogen-bond donors (Lipinski definition) is 1. The molecule has 0 radical (unpaired) electrons. The maximum atomic E-state index is 5.95. The lowest BCUT2D eigenvalue weighted by atomic mass is 9.95. The Bertz CT molecular complexity index is 625. The van der Waals surface area contributed by atoms with E-state index in [0.29, 0.717) is 11.3 Å². The molecule has 1 aromatic carbocycles. The number of hydrogen-bond acceptors (Lipinski definition) is 4. The zero-order chi connectivity index (χ0) is 13.5. The van der Waals surface area contributed by atoms with Crippen LogP contribution in [0.3, 0.4) is 0 Å². The average Bonchev–Trinajstić information content (AvgIpc) is 2.88. The maximum Gasteiger partial charge on any atom is 0.210 e. The quantitative estimate of drug-likeness (QED) is 0.875. The Morgan fingerprint density at radius 2 is 1.95 bits per heavy atom. The van der Waals surface area contributed by atoms with Gasteiger partial charge in [0.1, 0.15) is 0 Å². The molecule has 2 heterocycles. The molecule has 4 nitrogen and oxygen atoms in total. The first kappa shape index (κ1) is 12.5. The van der Waals surface area contributed by atoms with Crippen molar-refractivity contribution in [2.45, 2.75) is 42.1 Å². The van der Waals surface area contributed by atoms with Gasteiger partial charge in [-0.25, -0.2) is 4.68 Å². The third kappa shape index (κ3) is 2.09. The molecular formula is C14H15ClN4S. The van der Waals surface area contributed by atoms with E-state index in [1.165, 1.54) is 25.7 Å². The molecule has 2 atom stereocenters. The molecule has 1 aliphatic heterocycles. The fraction of sp³-hybridized carbons (Fsp3) is 0.429. The van der Waals surface area contributed by atoms with Crippen LogP contribution in [0.15, 0.2) is 29.4 Å². The lowest BCUT2D eigenvalue weighted by Crippen LogP contribution is -2.42. The summed E-state index contributed by atoms with van der Waals surface area (Å²) in [5.41, 5.74) is 4.64. The molecule has 1 aliphatic carbocycles. The van der Waals surface area contributed by atoms with Gasteiger partial charge in [0.2, 0.25) is 5.16 Å². The second kappa shape index (κ2) is 4.97. The summed E-state index contributed by atoms with van der Waals surface area (Å²) in [7, 11) is 0. The van der Waals surface area contributed by atoms with Gasteiger partial charge in [-0.05, 0) is 37.1 Å². The van der Waals surface area contributed by atoms with E-state index in [2.05, 4.69) is 15.6 Å². The molecule has 0 amide bonds. The Labute approximate surface area is 126 Å². The second-order valence-corrected chi connectivity index (χ2v) is 6.97. The van der Waals surface area contributed by atoms with Crippen molar-refractivity contribution in [1.29, 1.82) is 0 Å². The number of rotatable bonds is 1.